The van der Waals surface area contributed by atoms with E-state index in [1.807, 2.05) is 6.07 Å². The van der Waals surface area contributed by atoms with Crippen LogP contribution >= 0.6 is 50.7 Å². The fourth-order valence-electron chi connectivity index (χ4n) is 2.69. The normalized spacial score (nSPS) is 11.1. The Morgan fingerprint density at radius 2 is 1.70 bits per heavy atom. The SMILES string of the molecule is COc1cc(/C=C(\C#N)c2ccc(Cl)cc2)c(Br)cc1OCc1ccc(Cl)cc1Cl. The Morgan fingerprint density at radius 1 is 1.00 bits per heavy atom. The maximum absolute atomic E-state index is 9.59. The summed E-state index contributed by atoms with van der Waals surface area (Å²) >= 11 is 21.6. The van der Waals surface area contributed by atoms with Gasteiger partial charge >= 0.3 is 0 Å². The zero-order valence-electron chi connectivity index (χ0n) is 15.8. The lowest BCUT2D eigenvalue weighted by Gasteiger charge is -2.14. The molecule has 0 aliphatic carbocycles. The van der Waals surface area contributed by atoms with Crippen molar-refractivity contribution in [2.75, 3.05) is 7.11 Å². The highest BCUT2D eigenvalue weighted by Crippen LogP contribution is 2.36. The number of rotatable bonds is 6. The monoisotopic (exact) mass is 521 g/mol. The van der Waals surface area contributed by atoms with Crippen LogP contribution in [0.25, 0.3) is 11.6 Å². The van der Waals surface area contributed by atoms with E-state index in [1.54, 1.807) is 61.7 Å². The highest BCUT2D eigenvalue weighted by Gasteiger charge is 2.12. The molecule has 0 bridgehead atoms. The third-order valence-corrected chi connectivity index (χ3v) is 5.78. The van der Waals surface area contributed by atoms with Crippen LogP contribution in [0.15, 0.2) is 59.1 Å². The van der Waals surface area contributed by atoms with Crippen molar-refractivity contribution >= 4 is 62.4 Å². The van der Waals surface area contributed by atoms with Crippen molar-refractivity contribution in [3.63, 3.8) is 0 Å². The van der Waals surface area contributed by atoms with Gasteiger partial charge in [0.1, 0.15) is 6.61 Å². The molecule has 0 radical (unpaired) electrons. The maximum atomic E-state index is 9.59. The fourth-order valence-corrected chi connectivity index (χ4v) is 3.72. The zero-order chi connectivity index (χ0) is 21.7. The van der Waals surface area contributed by atoms with Crippen LogP contribution in [0.5, 0.6) is 11.5 Å². The molecule has 0 amide bonds. The van der Waals surface area contributed by atoms with E-state index in [4.69, 9.17) is 44.3 Å². The molecule has 0 atom stereocenters. The quantitative estimate of drug-likeness (QED) is 0.242. The van der Waals surface area contributed by atoms with Gasteiger partial charge < -0.3 is 9.47 Å². The first kappa shape index (κ1) is 22.5. The minimum absolute atomic E-state index is 0.252. The predicted octanol–water partition coefficient (Wildman–Crippen LogP) is 8.06. The van der Waals surface area contributed by atoms with Gasteiger partial charge in [-0.2, -0.15) is 5.26 Å². The molecule has 0 aliphatic heterocycles. The van der Waals surface area contributed by atoms with Crippen LogP contribution in [0.1, 0.15) is 16.7 Å². The van der Waals surface area contributed by atoms with Gasteiger partial charge in [0, 0.05) is 25.1 Å². The van der Waals surface area contributed by atoms with Gasteiger partial charge in [-0.25, -0.2) is 0 Å². The van der Waals surface area contributed by atoms with Gasteiger partial charge in [0.2, 0.25) is 0 Å². The number of methoxy groups -OCH3 is 1. The summed E-state index contributed by atoms with van der Waals surface area (Å²) in [5, 5.41) is 11.3. The molecule has 3 aromatic carbocycles. The van der Waals surface area contributed by atoms with E-state index < -0.39 is 0 Å². The van der Waals surface area contributed by atoms with Gasteiger partial charge in [0.25, 0.3) is 0 Å². The minimum atomic E-state index is 0.252. The molecule has 0 saturated heterocycles. The molecule has 3 nitrogen and oxygen atoms in total. The summed E-state index contributed by atoms with van der Waals surface area (Å²) in [5.41, 5.74) is 2.84. The lowest BCUT2D eigenvalue weighted by atomic mass is 10.0. The van der Waals surface area contributed by atoms with Gasteiger partial charge in [-0.3, -0.25) is 0 Å². The van der Waals surface area contributed by atoms with Crippen molar-refractivity contribution in [2.45, 2.75) is 6.61 Å². The lowest BCUT2D eigenvalue weighted by Crippen LogP contribution is -1.99. The van der Waals surface area contributed by atoms with Gasteiger partial charge in [-0.15, -0.1) is 0 Å². The number of hydrogen-bond donors (Lipinski definition) is 0. The number of nitriles is 1. The summed E-state index contributed by atoms with van der Waals surface area (Å²) in [4.78, 5) is 0. The van der Waals surface area contributed by atoms with E-state index in [0.717, 1.165) is 21.2 Å². The number of allylic oxidation sites excluding steroid dienone is 1. The highest BCUT2D eigenvalue weighted by atomic mass is 79.9. The van der Waals surface area contributed by atoms with E-state index in [0.29, 0.717) is 32.1 Å². The van der Waals surface area contributed by atoms with Gasteiger partial charge in [0.05, 0.1) is 18.8 Å². The molecule has 0 heterocycles. The molecule has 0 aliphatic rings. The second kappa shape index (κ2) is 10.2. The first-order valence-corrected chi connectivity index (χ1v) is 10.7. The molecule has 0 N–H and O–H groups in total. The van der Waals surface area contributed by atoms with Crippen LogP contribution in [0.4, 0.5) is 0 Å². The maximum Gasteiger partial charge on any atom is 0.162 e. The topological polar surface area (TPSA) is 42.2 Å². The molecule has 0 spiro atoms. The van der Waals surface area contributed by atoms with Crippen molar-refractivity contribution in [1.82, 2.24) is 0 Å². The summed E-state index contributed by atoms with van der Waals surface area (Å²) in [6.45, 7) is 0.252. The zero-order valence-corrected chi connectivity index (χ0v) is 19.6. The Bertz CT molecular complexity index is 1140. The van der Waals surface area contributed by atoms with E-state index in [1.165, 1.54) is 0 Å². The molecule has 30 heavy (non-hydrogen) atoms. The standard InChI is InChI=1S/C23H15BrCl3NO2/c1-29-22-9-16(8-17(12-28)14-2-5-18(25)6-3-14)20(24)11-23(22)30-13-15-4-7-19(26)10-21(15)27/h2-11H,13H2,1H3/b17-8+. The summed E-state index contributed by atoms with van der Waals surface area (Å²) in [7, 11) is 1.56. The van der Waals surface area contributed by atoms with Crippen molar-refractivity contribution in [2.24, 2.45) is 0 Å². The Hall–Kier alpha value is -2.16. The van der Waals surface area contributed by atoms with Gasteiger partial charge in [-0.05, 0) is 53.6 Å². The summed E-state index contributed by atoms with van der Waals surface area (Å²) in [6, 6.07) is 18.2. The first-order valence-electron chi connectivity index (χ1n) is 8.73. The number of benzene rings is 3. The smallest absolute Gasteiger partial charge is 0.162 e. The molecule has 3 aromatic rings. The van der Waals surface area contributed by atoms with E-state index >= 15 is 0 Å². The first-order chi connectivity index (χ1) is 14.4. The average Bonchev–Trinajstić information content (AvgIpc) is 2.73. The summed E-state index contributed by atoms with van der Waals surface area (Å²) in [5.74, 6) is 1.07. The average molecular weight is 524 g/mol. The number of ether oxygens (including phenoxy) is 2. The Balaban J connectivity index is 1.89. The molecular weight excluding hydrogens is 509 g/mol. The van der Waals surface area contributed by atoms with Crippen molar-refractivity contribution in [3.8, 4) is 17.6 Å². The van der Waals surface area contributed by atoms with E-state index in [9.17, 15) is 5.26 Å². The molecule has 0 saturated carbocycles. The third kappa shape index (κ3) is 5.50. The molecule has 152 valence electrons. The molecule has 0 unspecified atom stereocenters. The Labute approximate surface area is 198 Å². The molecule has 0 aromatic heterocycles. The molecule has 3 rings (SSSR count). The fraction of sp³-hybridized carbons (Fsp3) is 0.0870. The van der Waals surface area contributed by atoms with Crippen LogP contribution in [-0.4, -0.2) is 7.11 Å². The van der Waals surface area contributed by atoms with Crippen molar-refractivity contribution in [3.05, 3.63) is 90.8 Å². The van der Waals surface area contributed by atoms with Crippen molar-refractivity contribution < 1.29 is 9.47 Å². The van der Waals surface area contributed by atoms with Crippen LogP contribution in [0.2, 0.25) is 15.1 Å². The largest absolute Gasteiger partial charge is 0.493 e. The van der Waals surface area contributed by atoms with Crippen LogP contribution in [0.3, 0.4) is 0 Å². The lowest BCUT2D eigenvalue weighted by molar-refractivity contribution is 0.284. The highest BCUT2D eigenvalue weighted by molar-refractivity contribution is 9.10. The Kier molecular flexibility index (Phi) is 7.69. The summed E-state index contributed by atoms with van der Waals surface area (Å²) < 4.78 is 12.2. The van der Waals surface area contributed by atoms with E-state index in [2.05, 4.69) is 22.0 Å². The molecule has 0 fully saturated rings. The second-order valence-corrected chi connectivity index (χ2v) is 8.36. The van der Waals surface area contributed by atoms with Crippen LogP contribution in [0, 0.1) is 11.3 Å². The van der Waals surface area contributed by atoms with Gasteiger partial charge in [0.15, 0.2) is 11.5 Å². The third-order valence-electron chi connectivity index (χ3n) is 4.26. The van der Waals surface area contributed by atoms with E-state index in [-0.39, 0.29) is 6.61 Å². The Morgan fingerprint density at radius 3 is 2.33 bits per heavy atom. The minimum Gasteiger partial charge on any atom is -0.493 e. The van der Waals surface area contributed by atoms with Gasteiger partial charge in [-0.1, -0.05) is 68.9 Å². The summed E-state index contributed by atoms with van der Waals surface area (Å²) in [6.07, 6.45) is 1.77. The molecular formula is C23H15BrCl3NO2. The van der Waals surface area contributed by atoms with Crippen LogP contribution < -0.4 is 9.47 Å². The molecule has 7 heteroatoms. The predicted molar refractivity (Wildman–Crippen MR) is 126 cm³/mol. The number of halogens is 4. The number of nitrogens with zero attached hydrogens (tertiary/aromatic N) is 1. The van der Waals surface area contributed by atoms with Crippen LogP contribution in [-0.2, 0) is 6.61 Å². The van der Waals surface area contributed by atoms with Crippen molar-refractivity contribution in [1.29, 1.82) is 5.26 Å². The number of hydrogen-bond acceptors (Lipinski definition) is 3. The second-order valence-electron chi connectivity index (χ2n) is 6.23.